The molecule has 0 unspecified atom stereocenters. The molecule has 3 rings (SSSR count). The van der Waals surface area contributed by atoms with Crippen LogP contribution < -0.4 is 16.0 Å². The van der Waals surface area contributed by atoms with Crippen LogP contribution in [-0.4, -0.2) is 33.1 Å². The fourth-order valence-corrected chi connectivity index (χ4v) is 4.14. The third-order valence-corrected chi connectivity index (χ3v) is 5.77. The van der Waals surface area contributed by atoms with Crippen molar-refractivity contribution in [3.8, 4) is 5.75 Å². The summed E-state index contributed by atoms with van der Waals surface area (Å²) >= 11 is 1.15. The van der Waals surface area contributed by atoms with E-state index in [1.807, 2.05) is 6.92 Å². The van der Waals surface area contributed by atoms with Crippen molar-refractivity contribution >= 4 is 33.4 Å². The summed E-state index contributed by atoms with van der Waals surface area (Å²) < 4.78 is 7.25. The molecule has 152 valence electrons. The molecule has 0 spiro atoms. The molecular formula is C20H21N3O5S. The van der Waals surface area contributed by atoms with Gasteiger partial charge in [-0.25, -0.2) is 9.78 Å². The van der Waals surface area contributed by atoms with E-state index in [1.165, 1.54) is 12.1 Å². The first-order chi connectivity index (χ1) is 13.8. The van der Waals surface area contributed by atoms with Crippen LogP contribution in [0.5, 0.6) is 5.75 Å². The lowest BCUT2D eigenvalue weighted by Crippen LogP contribution is -2.26. The Kier molecular flexibility index (Phi) is 5.97. The van der Waals surface area contributed by atoms with Gasteiger partial charge in [-0.1, -0.05) is 6.92 Å². The van der Waals surface area contributed by atoms with Gasteiger partial charge in [0.1, 0.15) is 16.4 Å². The Balaban J connectivity index is 1.76. The highest BCUT2D eigenvalue weighted by molar-refractivity contribution is 7.20. The largest absolute Gasteiger partial charge is 0.494 e. The molecule has 2 aromatic heterocycles. The summed E-state index contributed by atoms with van der Waals surface area (Å²) in [5.41, 5.74) is 5.98. The maximum Gasteiger partial charge on any atom is 0.335 e. The molecule has 3 aromatic rings. The molecule has 0 saturated heterocycles. The van der Waals surface area contributed by atoms with Crippen LogP contribution in [0.2, 0.25) is 0 Å². The molecule has 0 saturated carbocycles. The zero-order valence-electron chi connectivity index (χ0n) is 16.1. The number of primary amides is 1. The van der Waals surface area contributed by atoms with Crippen molar-refractivity contribution in [2.45, 2.75) is 33.2 Å². The van der Waals surface area contributed by atoms with Crippen LogP contribution in [0.1, 0.15) is 44.8 Å². The number of carbonyl (C=O) groups excluding carboxylic acids is 1. The first-order valence-corrected chi connectivity index (χ1v) is 9.93. The number of carbonyl (C=O) groups is 2. The number of aromatic nitrogens is 2. The first kappa shape index (κ1) is 20.5. The molecule has 9 heteroatoms. The zero-order chi connectivity index (χ0) is 21.1. The Morgan fingerprint density at radius 3 is 2.55 bits per heavy atom. The molecule has 1 amide bonds. The molecule has 29 heavy (non-hydrogen) atoms. The third-order valence-electron chi connectivity index (χ3n) is 4.57. The van der Waals surface area contributed by atoms with Gasteiger partial charge in [-0.05, 0) is 43.2 Å². The lowest BCUT2D eigenvalue weighted by molar-refractivity contribution is 0.0696. The van der Waals surface area contributed by atoms with Gasteiger partial charge in [0.15, 0.2) is 0 Å². The highest BCUT2D eigenvalue weighted by atomic mass is 32.1. The number of carboxylic acid groups (broad SMARTS) is 1. The van der Waals surface area contributed by atoms with Crippen molar-refractivity contribution in [1.29, 1.82) is 0 Å². The number of aromatic carboxylic acids is 1. The summed E-state index contributed by atoms with van der Waals surface area (Å²) in [5, 5.41) is 9.35. The molecule has 1 aromatic carbocycles. The van der Waals surface area contributed by atoms with Crippen molar-refractivity contribution in [3.05, 3.63) is 56.4 Å². The summed E-state index contributed by atoms with van der Waals surface area (Å²) in [6, 6.07) is 6.15. The number of carboxylic acids is 1. The van der Waals surface area contributed by atoms with Crippen LogP contribution in [0, 0.1) is 6.92 Å². The zero-order valence-corrected chi connectivity index (χ0v) is 16.9. The molecule has 0 aliphatic rings. The smallest absolute Gasteiger partial charge is 0.335 e. The fraction of sp³-hybridized carbons (Fsp3) is 0.300. The van der Waals surface area contributed by atoms with Gasteiger partial charge in [-0.15, -0.1) is 11.3 Å². The maximum absolute atomic E-state index is 13.0. The maximum atomic E-state index is 13.0. The average molecular weight is 415 g/mol. The summed E-state index contributed by atoms with van der Waals surface area (Å²) in [6.07, 6.45) is 1.14. The average Bonchev–Trinajstić information content (AvgIpc) is 3.03. The molecule has 0 bridgehead atoms. The molecule has 0 aliphatic heterocycles. The van der Waals surface area contributed by atoms with Crippen LogP contribution in [0.25, 0.3) is 10.2 Å². The van der Waals surface area contributed by atoms with Gasteiger partial charge in [0.2, 0.25) is 0 Å². The minimum Gasteiger partial charge on any atom is -0.494 e. The number of fused-ring (bicyclic) bond motifs is 1. The quantitative estimate of drug-likeness (QED) is 0.545. The lowest BCUT2D eigenvalue weighted by Gasteiger charge is -2.12. The number of hydrogen-bond donors (Lipinski definition) is 2. The van der Waals surface area contributed by atoms with E-state index in [-0.39, 0.29) is 11.1 Å². The predicted molar refractivity (Wildman–Crippen MR) is 110 cm³/mol. The fourth-order valence-electron chi connectivity index (χ4n) is 3.10. The van der Waals surface area contributed by atoms with Crippen LogP contribution in [0.4, 0.5) is 0 Å². The standard InChI is InChI=1S/C20H21N3O5S/c1-3-14-22-18-15(11(2)16(29-18)17(21)24)19(25)23(14)9-4-10-28-13-7-5-12(6-8-13)20(26)27/h5-8H,3-4,9-10H2,1-2H3,(H2,21,24)(H,26,27). The Labute approximate surface area is 170 Å². The van der Waals surface area contributed by atoms with Crippen molar-refractivity contribution < 1.29 is 19.4 Å². The second-order valence-corrected chi connectivity index (χ2v) is 7.47. The van der Waals surface area contributed by atoms with Gasteiger partial charge in [0, 0.05) is 13.0 Å². The second kappa shape index (κ2) is 8.44. The molecule has 0 aliphatic carbocycles. The van der Waals surface area contributed by atoms with Crippen LogP contribution in [0.15, 0.2) is 29.1 Å². The number of ether oxygens (including phenoxy) is 1. The molecule has 0 atom stereocenters. The van der Waals surface area contributed by atoms with Gasteiger partial charge in [0.05, 0.1) is 22.4 Å². The number of thiophene rings is 1. The monoisotopic (exact) mass is 415 g/mol. The normalized spacial score (nSPS) is 11.0. The summed E-state index contributed by atoms with van der Waals surface area (Å²) in [6.45, 7) is 4.40. The molecule has 0 fully saturated rings. The van der Waals surface area contributed by atoms with Gasteiger partial charge in [-0.3, -0.25) is 14.2 Å². The molecule has 2 heterocycles. The highest BCUT2D eigenvalue weighted by Gasteiger charge is 2.19. The molecule has 8 nitrogen and oxygen atoms in total. The number of benzene rings is 1. The summed E-state index contributed by atoms with van der Waals surface area (Å²) in [5.74, 6) is -0.344. The lowest BCUT2D eigenvalue weighted by atomic mass is 10.2. The Morgan fingerprint density at radius 2 is 1.97 bits per heavy atom. The number of nitrogens with zero attached hydrogens (tertiary/aromatic N) is 2. The number of aryl methyl sites for hydroxylation is 2. The van der Waals surface area contributed by atoms with Crippen LogP contribution in [-0.2, 0) is 13.0 Å². The summed E-state index contributed by atoms with van der Waals surface area (Å²) in [4.78, 5) is 40.9. The predicted octanol–water partition coefficient (Wildman–Crippen LogP) is 2.60. The first-order valence-electron chi connectivity index (χ1n) is 9.12. The van der Waals surface area contributed by atoms with E-state index in [9.17, 15) is 14.4 Å². The van der Waals surface area contributed by atoms with Crippen molar-refractivity contribution in [2.24, 2.45) is 5.73 Å². The topological polar surface area (TPSA) is 125 Å². The van der Waals surface area contributed by atoms with E-state index >= 15 is 0 Å². The molecule has 3 N–H and O–H groups in total. The van der Waals surface area contributed by atoms with E-state index in [2.05, 4.69) is 4.98 Å². The molecule has 0 radical (unpaired) electrons. The van der Waals surface area contributed by atoms with E-state index in [0.29, 0.717) is 58.2 Å². The highest BCUT2D eigenvalue weighted by Crippen LogP contribution is 2.27. The van der Waals surface area contributed by atoms with Gasteiger partial charge in [-0.2, -0.15) is 0 Å². The van der Waals surface area contributed by atoms with E-state index in [0.717, 1.165) is 11.3 Å². The Hall–Kier alpha value is -3.20. The van der Waals surface area contributed by atoms with Crippen LogP contribution >= 0.6 is 11.3 Å². The number of rotatable bonds is 8. The van der Waals surface area contributed by atoms with E-state index in [4.69, 9.17) is 15.6 Å². The van der Waals surface area contributed by atoms with Crippen molar-refractivity contribution in [3.63, 3.8) is 0 Å². The van der Waals surface area contributed by atoms with E-state index < -0.39 is 11.9 Å². The Morgan fingerprint density at radius 1 is 1.28 bits per heavy atom. The molecular weight excluding hydrogens is 394 g/mol. The van der Waals surface area contributed by atoms with E-state index in [1.54, 1.807) is 23.6 Å². The minimum absolute atomic E-state index is 0.182. The van der Waals surface area contributed by atoms with Gasteiger partial charge < -0.3 is 15.6 Å². The third kappa shape index (κ3) is 4.14. The van der Waals surface area contributed by atoms with Crippen molar-refractivity contribution in [2.75, 3.05) is 6.61 Å². The second-order valence-electron chi connectivity index (χ2n) is 6.47. The number of amides is 1. The minimum atomic E-state index is -0.992. The summed E-state index contributed by atoms with van der Waals surface area (Å²) in [7, 11) is 0. The van der Waals surface area contributed by atoms with Gasteiger partial charge in [0.25, 0.3) is 11.5 Å². The van der Waals surface area contributed by atoms with Gasteiger partial charge >= 0.3 is 5.97 Å². The number of nitrogens with two attached hydrogens (primary N) is 1. The van der Waals surface area contributed by atoms with Crippen molar-refractivity contribution in [1.82, 2.24) is 9.55 Å². The Bertz CT molecular complexity index is 1130. The SMILES string of the molecule is CCc1nc2sc(C(N)=O)c(C)c2c(=O)n1CCCOc1ccc(C(=O)O)cc1. The number of hydrogen-bond acceptors (Lipinski definition) is 6. The van der Waals surface area contributed by atoms with Crippen LogP contribution in [0.3, 0.4) is 0 Å².